The highest BCUT2D eigenvalue weighted by molar-refractivity contribution is 6.30. The number of carbonyl (C=O) groups excluding carboxylic acids is 1. The van der Waals surface area contributed by atoms with Gasteiger partial charge in [-0.15, -0.1) is 0 Å². The van der Waals surface area contributed by atoms with E-state index in [9.17, 15) is 4.79 Å². The summed E-state index contributed by atoms with van der Waals surface area (Å²) in [6.07, 6.45) is 3.53. The smallest absolute Gasteiger partial charge is 0.253 e. The van der Waals surface area contributed by atoms with Gasteiger partial charge < -0.3 is 10.6 Å². The van der Waals surface area contributed by atoms with E-state index in [0.717, 1.165) is 17.1 Å². The Labute approximate surface area is 145 Å². The first kappa shape index (κ1) is 16.1. The first-order chi connectivity index (χ1) is 11.5. The summed E-state index contributed by atoms with van der Waals surface area (Å²) in [6.45, 7) is 0. The molecule has 0 fully saturated rings. The number of aromatic nitrogens is 2. The normalized spacial score (nSPS) is 10.6. The van der Waals surface area contributed by atoms with Crippen LogP contribution in [0.4, 0.5) is 5.69 Å². The Morgan fingerprint density at radius 2 is 2.00 bits per heavy atom. The molecule has 3 aromatic rings. The van der Waals surface area contributed by atoms with Crippen molar-refractivity contribution in [3.8, 4) is 17.1 Å². The largest absolute Gasteiger partial charge is 0.397 e. The van der Waals surface area contributed by atoms with E-state index in [0.29, 0.717) is 16.3 Å². The van der Waals surface area contributed by atoms with Gasteiger partial charge >= 0.3 is 0 Å². The first-order valence-corrected chi connectivity index (χ1v) is 7.76. The van der Waals surface area contributed by atoms with Gasteiger partial charge in [0.05, 0.1) is 11.4 Å². The van der Waals surface area contributed by atoms with Gasteiger partial charge in [-0.2, -0.15) is 0 Å². The Balaban J connectivity index is 2.05. The average Bonchev–Trinajstić information content (AvgIpc) is 3.03. The van der Waals surface area contributed by atoms with Crippen molar-refractivity contribution in [3.63, 3.8) is 0 Å². The van der Waals surface area contributed by atoms with Crippen molar-refractivity contribution in [2.45, 2.75) is 0 Å². The summed E-state index contributed by atoms with van der Waals surface area (Å²) in [4.78, 5) is 18.0. The van der Waals surface area contributed by atoms with Gasteiger partial charge in [-0.1, -0.05) is 23.7 Å². The summed E-state index contributed by atoms with van der Waals surface area (Å²) >= 11 is 6.07. The molecule has 2 aromatic carbocycles. The van der Waals surface area contributed by atoms with Crippen LogP contribution in [0.15, 0.2) is 54.9 Å². The molecule has 0 saturated heterocycles. The lowest BCUT2D eigenvalue weighted by atomic mass is 10.1. The summed E-state index contributed by atoms with van der Waals surface area (Å²) in [7, 11) is 3.42. The summed E-state index contributed by atoms with van der Waals surface area (Å²) < 4.78 is 1.88. The molecule has 0 atom stereocenters. The number of rotatable bonds is 3. The summed E-state index contributed by atoms with van der Waals surface area (Å²) in [5, 5.41) is 0.641. The minimum absolute atomic E-state index is 0.0889. The Morgan fingerprint density at radius 3 is 2.67 bits per heavy atom. The Kier molecular flexibility index (Phi) is 4.27. The van der Waals surface area contributed by atoms with Gasteiger partial charge in [0, 0.05) is 42.6 Å². The molecule has 0 spiro atoms. The van der Waals surface area contributed by atoms with Crippen LogP contribution in [-0.4, -0.2) is 34.5 Å². The van der Waals surface area contributed by atoms with Crippen LogP contribution in [0.2, 0.25) is 5.02 Å². The molecule has 5 nitrogen and oxygen atoms in total. The second kappa shape index (κ2) is 6.37. The number of amides is 1. The van der Waals surface area contributed by atoms with Crippen molar-refractivity contribution >= 4 is 23.2 Å². The van der Waals surface area contributed by atoms with Crippen LogP contribution >= 0.6 is 11.6 Å². The summed E-state index contributed by atoms with van der Waals surface area (Å²) in [5.41, 5.74) is 8.88. The van der Waals surface area contributed by atoms with Crippen LogP contribution in [0.3, 0.4) is 0 Å². The Bertz CT molecular complexity index is 902. The number of hydrogen-bond acceptors (Lipinski definition) is 3. The number of anilines is 1. The minimum atomic E-state index is -0.0889. The van der Waals surface area contributed by atoms with E-state index >= 15 is 0 Å². The SMILES string of the molecule is CN(C)C(=O)c1ccc(-n2ccnc2-c2cccc(Cl)c2)c(N)c1. The molecule has 3 rings (SSSR count). The van der Waals surface area contributed by atoms with Crippen LogP contribution in [0.25, 0.3) is 17.1 Å². The van der Waals surface area contributed by atoms with Crippen molar-refractivity contribution in [1.29, 1.82) is 0 Å². The van der Waals surface area contributed by atoms with E-state index in [1.165, 1.54) is 4.90 Å². The third-order valence-corrected chi connectivity index (χ3v) is 3.90. The van der Waals surface area contributed by atoms with Gasteiger partial charge in [-0.3, -0.25) is 9.36 Å². The lowest BCUT2D eigenvalue weighted by Gasteiger charge is -2.14. The number of nitrogen functional groups attached to an aromatic ring is 1. The quantitative estimate of drug-likeness (QED) is 0.742. The monoisotopic (exact) mass is 340 g/mol. The van der Waals surface area contributed by atoms with Crippen molar-refractivity contribution in [2.75, 3.05) is 19.8 Å². The van der Waals surface area contributed by atoms with Crippen LogP contribution < -0.4 is 5.73 Å². The standard InChI is InChI=1S/C18H17ClN4O/c1-22(2)18(24)13-6-7-16(15(20)11-13)23-9-8-21-17(23)12-4-3-5-14(19)10-12/h3-11H,20H2,1-2H3. The highest BCUT2D eigenvalue weighted by Crippen LogP contribution is 2.27. The summed E-state index contributed by atoms with van der Waals surface area (Å²) in [6, 6.07) is 12.7. The predicted molar refractivity (Wildman–Crippen MR) is 96.4 cm³/mol. The number of nitrogens with two attached hydrogens (primary N) is 1. The van der Waals surface area contributed by atoms with Crippen LogP contribution in [-0.2, 0) is 0 Å². The zero-order valence-electron chi connectivity index (χ0n) is 13.4. The van der Waals surface area contributed by atoms with Gasteiger partial charge in [-0.05, 0) is 30.3 Å². The number of carbonyl (C=O) groups is 1. The average molecular weight is 341 g/mol. The molecular weight excluding hydrogens is 324 g/mol. The predicted octanol–water partition coefficient (Wildman–Crippen LogP) is 3.48. The first-order valence-electron chi connectivity index (χ1n) is 7.38. The zero-order valence-corrected chi connectivity index (χ0v) is 14.2. The third kappa shape index (κ3) is 2.98. The molecule has 122 valence electrons. The number of halogens is 1. The molecule has 1 aromatic heterocycles. The van der Waals surface area contributed by atoms with Crippen LogP contribution in [0.1, 0.15) is 10.4 Å². The fourth-order valence-corrected chi connectivity index (χ4v) is 2.69. The maximum absolute atomic E-state index is 12.1. The zero-order chi connectivity index (χ0) is 17.3. The highest BCUT2D eigenvalue weighted by Gasteiger charge is 2.14. The molecule has 6 heteroatoms. The van der Waals surface area contributed by atoms with Gasteiger partial charge in [0.15, 0.2) is 0 Å². The van der Waals surface area contributed by atoms with Gasteiger partial charge in [0.1, 0.15) is 5.82 Å². The highest BCUT2D eigenvalue weighted by atomic mass is 35.5. The number of benzene rings is 2. The maximum atomic E-state index is 12.1. The van der Waals surface area contributed by atoms with Crippen molar-refractivity contribution < 1.29 is 4.79 Å². The van der Waals surface area contributed by atoms with Crippen LogP contribution in [0, 0.1) is 0 Å². The molecule has 2 N–H and O–H groups in total. The fourth-order valence-electron chi connectivity index (χ4n) is 2.50. The van der Waals surface area contributed by atoms with Crippen molar-refractivity contribution in [3.05, 3.63) is 65.4 Å². The van der Waals surface area contributed by atoms with Crippen molar-refractivity contribution in [2.24, 2.45) is 0 Å². The lowest BCUT2D eigenvalue weighted by Crippen LogP contribution is -2.21. The maximum Gasteiger partial charge on any atom is 0.253 e. The topological polar surface area (TPSA) is 64.2 Å². The molecule has 24 heavy (non-hydrogen) atoms. The molecule has 1 amide bonds. The number of imidazole rings is 1. The van der Waals surface area contributed by atoms with Crippen LogP contribution in [0.5, 0.6) is 0 Å². The molecule has 0 aliphatic heterocycles. The third-order valence-electron chi connectivity index (χ3n) is 3.66. The molecule has 0 radical (unpaired) electrons. The second-order valence-corrected chi connectivity index (χ2v) is 6.04. The van der Waals surface area contributed by atoms with E-state index in [1.807, 2.05) is 41.1 Å². The molecule has 1 heterocycles. The van der Waals surface area contributed by atoms with Gasteiger partial charge in [0.2, 0.25) is 0 Å². The van der Waals surface area contributed by atoms with E-state index in [2.05, 4.69) is 4.98 Å². The van der Waals surface area contributed by atoms with Gasteiger partial charge in [-0.25, -0.2) is 4.98 Å². The van der Waals surface area contributed by atoms with E-state index in [4.69, 9.17) is 17.3 Å². The molecule has 0 aliphatic carbocycles. The van der Waals surface area contributed by atoms with Gasteiger partial charge in [0.25, 0.3) is 5.91 Å². The second-order valence-electron chi connectivity index (χ2n) is 5.60. The molecule has 0 aliphatic rings. The number of nitrogens with zero attached hydrogens (tertiary/aromatic N) is 3. The minimum Gasteiger partial charge on any atom is -0.397 e. The molecule has 0 saturated carbocycles. The molecular formula is C18H17ClN4O. The van der Waals surface area contributed by atoms with E-state index in [1.54, 1.807) is 32.4 Å². The number of hydrogen-bond donors (Lipinski definition) is 1. The Hall–Kier alpha value is -2.79. The van der Waals surface area contributed by atoms with E-state index in [-0.39, 0.29) is 5.91 Å². The summed E-state index contributed by atoms with van der Waals surface area (Å²) in [5.74, 6) is 0.643. The molecule has 0 unspecified atom stereocenters. The lowest BCUT2D eigenvalue weighted by molar-refractivity contribution is 0.0827. The fraction of sp³-hybridized carbons (Fsp3) is 0.111. The molecule has 0 bridgehead atoms. The Morgan fingerprint density at radius 1 is 1.21 bits per heavy atom. The van der Waals surface area contributed by atoms with Crippen molar-refractivity contribution in [1.82, 2.24) is 14.5 Å². The van der Waals surface area contributed by atoms with E-state index < -0.39 is 0 Å².